The molecule has 7 nitrogen and oxygen atoms in total. The van der Waals surface area contributed by atoms with E-state index in [0.717, 1.165) is 69.0 Å². The molecular formula is C19H26N4O3S. The van der Waals surface area contributed by atoms with Crippen molar-refractivity contribution in [3.8, 4) is 0 Å². The Kier molecular flexibility index (Phi) is 5.58. The number of ether oxygens (including phenoxy) is 1. The number of rotatable bonds is 6. The minimum absolute atomic E-state index is 0.353. The molecule has 2 aliphatic rings. The van der Waals surface area contributed by atoms with Crippen LogP contribution in [0.15, 0.2) is 35.2 Å². The maximum absolute atomic E-state index is 12.7. The maximum Gasteiger partial charge on any atom is 0.243 e. The zero-order chi connectivity index (χ0) is 18.7. The van der Waals surface area contributed by atoms with E-state index in [4.69, 9.17) is 4.74 Å². The summed E-state index contributed by atoms with van der Waals surface area (Å²) in [6.45, 7) is 6.56. The molecule has 0 radical (unpaired) electrons. The molecule has 4 rings (SSSR count). The Bertz CT molecular complexity index is 891. The predicted octanol–water partition coefficient (Wildman–Crippen LogP) is 1.76. The van der Waals surface area contributed by atoms with E-state index in [1.165, 1.54) is 0 Å². The molecule has 0 bridgehead atoms. The van der Waals surface area contributed by atoms with Crippen molar-refractivity contribution in [2.24, 2.45) is 0 Å². The normalized spacial score (nSPS) is 19.6. The van der Waals surface area contributed by atoms with Gasteiger partial charge in [-0.3, -0.25) is 4.90 Å². The number of morpholine rings is 1. The predicted molar refractivity (Wildman–Crippen MR) is 105 cm³/mol. The maximum atomic E-state index is 12.7. The van der Waals surface area contributed by atoms with Crippen LogP contribution in [0.4, 0.5) is 5.82 Å². The summed E-state index contributed by atoms with van der Waals surface area (Å²) in [6, 6.07) is 9.04. The van der Waals surface area contributed by atoms with Crippen LogP contribution in [-0.2, 0) is 14.8 Å². The second kappa shape index (κ2) is 8.10. The molecule has 146 valence electrons. The topological polar surface area (TPSA) is 74.8 Å². The largest absolute Gasteiger partial charge is 0.379 e. The number of aromatic nitrogens is 1. The molecule has 0 aliphatic carbocycles. The smallest absolute Gasteiger partial charge is 0.243 e. The number of nitrogens with zero attached hydrogens (tertiary/aromatic N) is 3. The Labute approximate surface area is 160 Å². The van der Waals surface area contributed by atoms with E-state index < -0.39 is 10.0 Å². The number of fused-ring (bicyclic) bond motifs is 1. The van der Waals surface area contributed by atoms with Gasteiger partial charge in [0.1, 0.15) is 5.82 Å². The molecule has 0 saturated carbocycles. The zero-order valence-corrected chi connectivity index (χ0v) is 16.2. The van der Waals surface area contributed by atoms with E-state index in [9.17, 15) is 8.42 Å². The summed E-state index contributed by atoms with van der Waals surface area (Å²) in [5.41, 5.74) is 0.798. The van der Waals surface area contributed by atoms with Crippen LogP contribution in [0.5, 0.6) is 0 Å². The van der Waals surface area contributed by atoms with E-state index in [0.29, 0.717) is 18.0 Å². The quantitative estimate of drug-likeness (QED) is 0.810. The molecule has 0 unspecified atom stereocenters. The van der Waals surface area contributed by atoms with E-state index in [2.05, 4.69) is 15.2 Å². The van der Waals surface area contributed by atoms with Crippen LogP contribution in [0, 0.1) is 0 Å². The number of sulfonamides is 1. The highest BCUT2D eigenvalue weighted by molar-refractivity contribution is 7.89. The summed E-state index contributed by atoms with van der Waals surface area (Å²) in [7, 11) is -3.39. The van der Waals surface area contributed by atoms with Crippen LogP contribution in [0.25, 0.3) is 10.9 Å². The van der Waals surface area contributed by atoms with E-state index in [1.54, 1.807) is 22.5 Å². The van der Waals surface area contributed by atoms with Crippen molar-refractivity contribution in [3.63, 3.8) is 0 Å². The van der Waals surface area contributed by atoms with Gasteiger partial charge in [-0.1, -0.05) is 0 Å². The molecule has 2 aromatic rings. The van der Waals surface area contributed by atoms with E-state index in [-0.39, 0.29) is 0 Å². The van der Waals surface area contributed by atoms with Crippen LogP contribution in [0.1, 0.15) is 12.8 Å². The summed E-state index contributed by atoms with van der Waals surface area (Å²) < 4.78 is 32.4. The Balaban J connectivity index is 1.44. The molecule has 1 aromatic heterocycles. The lowest BCUT2D eigenvalue weighted by molar-refractivity contribution is 0.0398. The molecule has 8 heteroatoms. The Morgan fingerprint density at radius 3 is 2.59 bits per heavy atom. The van der Waals surface area contributed by atoms with Gasteiger partial charge in [0.15, 0.2) is 0 Å². The van der Waals surface area contributed by atoms with E-state index in [1.807, 2.05) is 12.1 Å². The summed E-state index contributed by atoms with van der Waals surface area (Å²) in [5, 5.41) is 4.20. The third-order valence-electron chi connectivity index (χ3n) is 5.20. The van der Waals surface area contributed by atoms with Gasteiger partial charge in [0.05, 0.1) is 23.6 Å². The summed E-state index contributed by atoms with van der Waals surface area (Å²) in [5.74, 6) is 0.811. The number of nitrogens with one attached hydrogen (secondary N) is 1. The highest BCUT2D eigenvalue weighted by Gasteiger charge is 2.27. The third kappa shape index (κ3) is 4.24. The molecule has 2 saturated heterocycles. The number of pyridine rings is 1. The molecule has 0 spiro atoms. The van der Waals surface area contributed by atoms with Gasteiger partial charge >= 0.3 is 0 Å². The highest BCUT2D eigenvalue weighted by atomic mass is 32.2. The molecule has 2 aliphatic heterocycles. The fourth-order valence-electron chi connectivity index (χ4n) is 3.61. The second-order valence-corrected chi connectivity index (χ2v) is 8.98. The minimum Gasteiger partial charge on any atom is -0.379 e. The van der Waals surface area contributed by atoms with Crippen LogP contribution in [-0.4, -0.2) is 75.1 Å². The first kappa shape index (κ1) is 18.6. The first-order valence-corrected chi connectivity index (χ1v) is 11.0. The van der Waals surface area contributed by atoms with Crippen LogP contribution in [0.2, 0.25) is 0 Å². The number of anilines is 1. The van der Waals surface area contributed by atoms with Gasteiger partial charge in [-0.05, 0) is 43.2 Å². The lowest BCUT2D eigenvalue weighted by Crippen LogP contribution is -2.39. The van der Waals surface area contributed by atoms with Gasteiger partial charge in [-0.25, -0.2) is 13.4 Å². The molecule has 1 N–H and O–H groups in total. The van der Waals surface area contributed by atoms with Crippen molar-refractivity contribution >= 4 is 26.7 Å². The zero-order valence-electron chi connectivity index (χ0n) is 15.4. The van der Waals surface area contributed by atoms with Crippen molar-refractivity contribution in [1.82, 2.24) is 14.2 Å². The van der Waals surface area contributed by atoms with Gasteiger partial charge in [-0.2, -0.15) is 4.31 Å². The standard InChI is InChI=1S/C19H26N4O3S/c24-27(25,23-8-1-2-9-23)17-4-5-18-16(15-17)3-6-19(21-18)20-7-10-22-11-13-26-14-12-22/h3-6,15H,1-2,7-14H2,(H,20,21). The van der Waals surface area contributed by atoms with Crippen molar-refractivity contribution in [2.75, 3.05) is 57.8 Å². The lowest BCUT2D eigenvalue weighted by Gasteiger charge is -2.26. The summed E-state index contributed by atoms with van der Waals surface area (Å²) in [4.78, 5) is 7.34. The monoisotopic (exact) mass is 390 g/mol. The van der Waals surface area contributed by atoms with Gasteiger partial charge in [0.2, 0.25) is 10.0 Å². The third-order valence-corrected chi connectivity index (χ3v) is 7.10. The molecule has 0 atom stereocenters. The van der Waals surface area contributed by atoms with Gasteiger partial charge in [0.25, 0.3) is 0 Å². The molecule has 0 amide bonds. The van der Waals surface area contributed by atoms with Crippen molar-refractivity contribution < 1.29 is 13.2 Å². The number of benzene rings is 1. The number of hydrogen-bond acceptors (Lipinski definition) is 6. The SMILES string of the molecule is O=S(=O)(c1ccc2nc(NCCN3CCOCC3)ccc2c1)N1CCCC1. The molecule has 1 aromatic carbocycles. The highest BCUT2D eigenvalue weighted by Crippen LogP contribution is 2.24. The fourth-order valence-corrected chi connectivity index (χ4v) is 5.16. The molecule has 2 fully saturated rings. The minimum atomic E-state index is -3.39. The summed E-state index contributed by atoms with van der Waals surface area (Å²) >= 11 is 0. The van der Waals surface area contributed by atoms with E-state index >= 15 is 0 Å². The Morgan fingerprint density at radius 2 is 1.81 bits per heavy atom. The Morgan fingerprint density at radius 1 is 1.04 bits per heavy atom. The van der Waals surface area contributed by atoms with Crippen molar-refractivity contribution in [1.29, 1.82) is 0 Å². The van der Waals surface area contributed by atoms with Crippen LogP contribution >= 0.6 is 0 Å². The Hall–Kier alpha value is -1.74. The molecule has 27 heavy (non-hydrogen) atoms. The molecule has 3 heterocycles. The first-order chi connectivity index (χ1) is 13.1. The van der Waals surface area contributed by atoms with Crippen molar-refractivity contribution in [2.45, 2.75) is 17.7 Å². The van der Waals surface area contributed by atoms with Crippen molar-refractivity contribution in [3.05, 3.63) is 30.3 Å². The lowest BCUT2D eigenvalue weighted by atomic mass is 10.2. The summed E-state index contributed by atoms with van der Waals surface area (Å²) in [6.07, 6.45) is 1.88. The fraction of sp³-hybridized carbons (Fsp3) is 0.526. The van der Waals surface area contributed by atoms with Gasteiger partial charge in [-0.15, -0.1) is 0 Å². The first-order valence-electron chi connectivity index (χ1n) is 9.58. The average molecular weight is 391 g/mol. The van der Waals surface area contributed by atoms with Gasteiger partial charge in [0, 0.05) is 44.7 Å². The van der Waals surface area contributed by atoms with Crippen LogP contribution in [0.3, 0.4) is 0 Å². The molecular weight excluding hydrogens is 364 g/mol. The number of hydrogen-bond donors (Lipinski definition) is 1. The van der Waals surface area contributed by atoms with Gasteiger partial charge < -0.3 is 10.1 Å². The average Bonchev–Trinajstić information content (AvgIpc) is 3.24. The van der Waals surface area contributed by atoms with Crippen LogP contribution < -0.4 is 5.32 Å². The second-order valence-electron chi connectivity index (χ2n) is 7.04.